The molecule has 1 aliphatic heterocycles. The van der Waals surface area contributed by atoms with Crippen LogP contribution in [-0.4, -0.2) is 39.7 Å². The van der Waals surface area contributed by atoms with E-state index >= 15 is 0 Å². The zero-order valence-electron chi connectivity index (χ0n) is 12.1. The van der Waals surface area contributed by atoms with Crippen LogP contribution in [0.15, 0.2) is 29.2 Å². The van der Waals surface area contributed by atoms with Gasteiger partial charge in [0.25, 0.3) is 5.91 Å². The molecule has 0 spiro atoms. The number of sulfone groups is 1. The minimum atomic E-state index is -3.22. The fraction of sp³-hybridized carbons (Fsp3) is 0.500. The first-order valence-corrected chi connectivity index (χ1v) is 8.59. The summed E-state index contributed by atoms with van der Waals surface area (Å²) in [4.78, 5) is 12.4. The van der Waals surface area contributed by atoms with Gasteiger partial charge in [-0.25, -0.2) is 8.42 Å². The Labute approximate surface area is 131 Å². The smallest absolute Gasteiger partial charge is 0.251 e. The molecule has 2 N–H and O–H groups in total. The van der Waals surface area contributed by atoms with E-state index in [1.54, 1.807) is 12.1 Å². The third-order valence-corrected chi connectivity index (χ3v) is 4.82. The van der Waals surface area contributed by atoms with Gasteiger partial charge in [-0.3, -0.25) is 4.79 Å². The molecule has 0 radical (unpaired) electrons. The third kappa shape index (κ3) is 4.69. The van der Waals surface area contributed by atoms with Crippen molar-refractivity contribution in [2.24, 2.45) is 5.92 Å². The number of amides is 1. The maximum Gasteiger partial charge on any atom is 0.251 e. The van der Waals surface area contributed by atoms with Crippen LogP contribution in [0.2, 0.25) is 0 Å². The fourth-order valence-corrected chi connectivity index (χ4v) is 2.92. The Balaban J connectivity index is 0.00000220. The zero-order chi connectivity index (χ0) is 14.8. The van der Waals surface area contributed by atoms with Gasteiger partial charge in [-0.1, -0.05) is 6.92 Å². The number of benzene rings is 1. The normalized spacial score (nSPS) is 22.2. The van der Waals surface area contributed by atoms with E-state index in [9.17, 15) is 13.2 Å². The number of halogens is 1. The number of carbonyl (C=O) groups is 1. The lowest BCUT2D eigenvalue weighted by Gasteiger charge is -2.30. The second-order valence-electron chi connectivity index (χ2n) is 5.35. The minimum Gasteiger partial charge on any atom is -0.348 e. The van der Waals surface area contributed by atoms with Gasteiger partial charge in [-0.15, -0.1) is 12.4 Å². The molecule has 1 amide bonds. The molecule has 0 bridgehead atoms. The molecule has 118 valence electrons. The third-order valence-electron chi connectivity index (χ3n) is 3.69. The zero-order valence-corrected chi connectivity index (χ0v) is 13.8. The van der Waals surface area contributed by atoms with Gasteiger partial charge in [0.05, 0.1) is 4.90 Å². The second-order valence-corrected chi connectivity index (χ2v) is 7.36. The summed E-state index contributed by atoms with van der Waals surface area (Å²) < 4.78 is 22.7. The van der Waals surface area contributed by atoms with Gasteiger partial charge in [0.1, 0.15) is 0 Å². The van der Waals surface area contributed by atoms with Crippen LogP contribution in [0.5, 0.6) is 0 Å². The van der Waals surface area contributed by atoms with E-state index in [-0.39, 0.29) is 29.3 Å². The van der Waals surface area contributed by atoms with E-state index in [0.717, 1.165) is 25.8 Å². The Morgan fingerprint density at radius 3 is 2.43 bits per heavy atom. The number of carbonyl (C=O) groups excluding carboxylic acids is 1. The molecule has 1 aromatic carbocycles. The second kappa shape index (κ2) is 7.24. The van der Waals surface area contributed by atoms with Crippen molar-refractivity contribution in [2.45, 2.75) is 24.3 Å². The first kappa shape index (κ1) is 17.9. The molecule has 1 heterocycles. The van der Waals surface area contributed by atoms with E-state index in [4.69, 9.17) is 0 Å². The monoisotopic (exact) mass is 332 g/mol. The summed E-state index contributed by atoms with van der Waals surface area (Å²) in [6, 6.07) is 6.14. The highest BCUT2D eigenvalue weighted by molar-refractivity contribution is 7.90. The van der Waals surface area contributed by atoms with Crippen molar-refractivity contribution < 1.29 is 13.2 Å². The fourth-order valence-electron chi connectivity index (χ4n) is 2.29. The van der Waals surface area contributed by atoms with Crippen molar-refractivity contribution in [1.82, 2.24) is 10.6 Å². The molecule has 21 heavy (non-hydrogen) atoms. The molecule has 1 aromatic rings. The Morgan fingerprint density at radius 2 is 1.90 bits per heavy atom. The molecule has 1 aliphatic rings. The van der Waals surface area contributed by atoms with Gasteiger partial charge < -0.3 is 10.6 Å². The van der Waals surface area contributed by atoms with Crippen molar-refractivity contribution in [2.75, 3.05) is 19.3 Å². The molecule has 2 atom stereocenters. The largest absolute Gasteiger partial charge is 0.348 e. The lowest BCUT2D eigenvalue weighted by atomic mass is 9.94. The Morgan fingerprint density at radius 1 is 1.29 bits per heavy atom. The summed E-state index contributed by atoms with van der Waals surface area (Å²) in [5, 5.41) is 6.25. The molecule has 0 aromatic heterocycles. The summed E-state index contributed by atoms with van der Waals surface area (Å²) >= 11 is 0. The van der Waals surface area contributed by atoms with Crippen molar-refractivity contribution in [1.29, 1.82) is 0 Å². The molecule has 5 nitrogen and oxygen atoms in total. The maximum absolute atomic E-state index is 12.1. The number of hydrogen-bond acceptors (Lipinski definition) is 4. The molecular formula is C14H21ClN2O3S. The average Bonchev–Trinajstić information content (AvgIpc) is 2.40. The molecule has 1 fully saturated rings. The number of nitrogens with one attached hydrogen (secondary N) is 2. The topological polar surface area (TPSA) is 75.3 Å². The van der Waals surface area contributed by atoms with Crippen molar-refractivity contribution in [3.63, 3.8) is 0 Å². The molecule has 0 aliphatic carbocycles. The van der Waals surface area contributed by atoms with E-state index in [1.807, 2.05) is 0 Å². The van der Waals surface area contributed by atoms with Crippen LogP contribution >= 0.6 is 12.4 Å². The summed E-state index contributed by atoms with van der Waals surface area (Å²) in [5.74, 6) is 0.279. The number of rotatable bonds is 3. The van der Waals surface area contributed by atoms with Gasteiger partial charge in [0, 0.05) is 24.4 Å². The molecule has 2 rings (SSSR count). The van der Waals surface area contributed by atoms with Crippen LogP contribution in [0, 0.1) is 5.92 Å². The van der Waals surface area contributed by atoms with Crippen LogP contribution in [0.1, 0.15) is 23.7 Å². The van der Waals surface area contributed by atoms with Gasteiger partial charge >= 0.3 is 0 Å². The van der Waals surface area contributed by atoms with Crippen molar-refractivity contribution in [3.8, 4) is 0 Å². The quantitative estimate of drug-likeness (QED) is 0.873. The number of piperidine rings is 1. The summed E-state index contributed by atoms with van der Waals surface area (Å²) in [7, 11) is -3.22. The molecule has 1 saturated heterocycles. The van der Waals surface area contributed by atoms with Crippen LogP contribution in [0.3, 0.4) is 0 Å². The molecule has 7 heteroatoms. The van der Waals surface area contributed by atoms with E-state index < -0.39 is 9.84 Å². The van der Waals surface area contributed by atoms with Crippen LogP contribution in [0.4, 0.5) is 0 Å². The van der Waals surface area contributed by atoms with Gasteiger partial charge in [-0.05, 0) is 43.1 Å². The summed E-state index contributed by atoms with van der Waals surface area (Å²) in [6.07, 6.45) is 2.19. The Hall–Kier alpha value is -1.11. The van der Waals surface area contributed by atoms with Gasteiger partial charge in [0.15, 0.2) is 9.84 Å². The highest BCUT2D eigenvalue weighted by Gasteiger charge is 2.23. The highest BCUT2D eigenvalue weighted by Crippen LogP contribution is 2.13. The SMILES string of the molecule is CC1CCNCC1NC(=O)c1ccc(S(C)(=O)=O)cc1.Cl. The van der Waals surface area contributed by atoms with Crippen molar-refractivity contribution >= 4 is 28.2 Å². The van der Waals surface area contributed by atoms with E-state index in [2.05, 4.69) is 17.6 Å². The standard InChI is InChI=1S/C14H20N2O3S.ClH/c1-10-7-8-15-9-13(10)16-14(17)11-3-5-12(6-4-11)20(2,18)19;/h3-6,10,13,15H,7-9H2,1-2H3,(H,16,17);1H. The predicted octanol–water partition coefficient (Wildman–Crippen LogP) is 1.24. The van der Waals surface area contributed by atoms with Gasteiger partial charge in [-0.2, -0.15) is 0 Å². The number of hydrogen-bond donors (Lipinski definition) is 2. The molecule has 0 saturated carbocycles. The van der Waals surface area contributed by atoms with Crippen LogP contribution in [-0.2, 0) is 9.84 Å². The average molecular weight is 333 g/mol. The first-order valence-electron chi connectivity index (χ1n) is 6.69. The van der Waals surface area contributed by atoms with Gasteiger partial charge in [0.2, 0.25) is 0 Å². The first-order chi connectivity index (χ1) is 9.38. The Kier molecular flexibility index (Phi) is 6.19. The molecule has 2 unspecified atom stereocenters. The summed E-state index contributed by atoms with van der Waals surface area (Å²) in [6.45, 7) is 3.88. The predicted molar refractivity (Wildman–Crippen MR) is 84.7 cm³/mol. The molecular weight excluding hydrogens is 312 g/mol. The lowest BCUT2D eigenvalue weighted by Crippen LogP contribution is -2.50. The Bertz CT molecular complexity index is 587. The lowest BCUT2D eigenvalue weighted by molar-refractivity contribution is 0.0915. The highest BCUT2D eigenvalue weighted by atomic mass is 35.5. The van der Waals surface area contributed by atoms with E-state index in [0.29, 0.717) is 11.5 Å². The van der Waals surface area contributed by atoms with E-state index in [1.165, 1.54) is 12.1 Å². The minimum absolute atomic E-state index is 0. The summed E-state index contributed by atoms with van der Waals surface area (Å²) in [5.41, 5.74) is 0.482. The van der Waals surface area contributed by atoms with Crippen molar-refractivity contribution in [3.05, 3.63) is 29.8 Å². The maximum atomic E-state index is 12.1. The van der Waals surface area contributed by atoms with Crippen LogP contribution in [0.25, 0.3) is 0 Å². The van der Waals surface area contributed by atoms with Crippen LogP contribution < -0.4 is 10.6 Å².